The molecule has 1 aromatic carbocycles. The van der Waals surface area contributed by atoms with Crippen molar-refractivity contribution in [2.45, 2.75) is 25.9 Å². The summed E-state index contributed by atoms with van der Waals surface area (Å²) in [6.45, 7) is 2.43. The van der Waals surface area contributed by atoms with Gasteiger partial charge < -0.3 is 33.6 Å². The van der Waals surface area contributed by atoms with Crippen LogP contribution in [0.15, 0.2) is 68.4 Å². The number of hydrogen-bond acceptors (Lipinski definition) is 10. The van der Waals surface area contributed by atoms with Crippen LogP contribution >= 0.6 is 11.8 Å². The lowest BCUT2D eigenvalue weighted by molar-refractivity contribution is -0.141. The van der Waals surface area contributed by atoms with E-state index in [0.29, 0.717) is 39.4 Å². The highest BCUT2D eigenvalue weighted by atomic mass is 32.2. The largest absolute Gasteiger partial charge is 0.493 e. The summed E-state index contributed by atoms with van der Waals surface area (Å²) >= 11 is 1.40. The zero-order chi connectivity index (χ0) is 26.4. The molecule has 1 aromatic heterocycles. The molecular formula is C26H29N3O7S. The number of thioether (sulfide) groups is 1. The minimum absolute atomic E-state index is 0.0849. The van der Waals surface area contributed by atoms with Crippen molar-refractivity contribution in [2.24, 2.45) is 4.99 Å². The number of amidine groups is 1. The number of carbonyl (C=O) groups is 2. The molecule has 0 aliphatic carbocycles. The van der Waals surface area contributed by atoms with Gasteiger partial charge in [0.05, 0.1) is 57.4 Å². The van der Waals surface area contributed by atoms with Gasteiger partial charge in [0.15, 0.2) is 16.7 Å². The number of esters is 1. The van der Waals surface area contributed by atoms with Crippen LogP contribution in [0.3, 0.4) is 0 Å². The molecule has 196 valence electrons. The molecule has 37 heavy (non-hydrogen) atoms. The van der Waals surface area contributed by atoms with Gasteiger partial charge in [-0.05, 0) is 42.2 Å². The summed E-state index contributed by atoms with van der Waals surface area (Å²) in [5, 5.41) is 5.42. The number of aliphatic imine (C=N–C) groups is 1. The van der Waals surface area contributed by atoms with Crippen LogP contribution in [0, 0.1) is 0 Å². The molecule has 0 saturated carbocycles. The number of rotatable bonds is 11. The van der Waals surface area contributed by atoms with Gasteiger partial charge in [-0.25, -0.2) is 9.79 Å². The van der Waals surface area contributed by atoms with Crippen molar-refractivity contribution in [1.82, 2.24) is 10.2 Å². The van der Waals surface area contributed by atoms with Gasteiger partial charge in [0.1, 0.15) is 12.4 Å². The third-order valence-electron chi connectivity index (χ3n) is 5.85. The van der Waals surface area contributed by atoms with Gasteiger partial charge in [-0.1, -0.05) is 17.8 Å². The summed E-state index contributed by atoms with van der Waals surface area (Å²) in [6.07, 6.45) is 1.64. The van der Waals surface area contributed by atoms with Gasteiger partial charge in [0.2, 0.25) is 5.91 Å². The molecule has 11 heteroatoms. The van der Waals surface area contributed by atoms with Crippen LogP contribution in [0.25, 0.3) is 0 Å². The van der Waals surface area contributed by atoms with Gasteiger partial charge in [-0.3, -0.25) is 4.79 Å². The molecule has 3 heterocycles. The Morgan fingerprint density at radius 2 is 1.95 bits per heavy atom. The second-order valence-electron chi connectivity index (χ2n) is 8.17. The Morgan fingerprint density at radius 3 is 2.65 bits per heavy atom. The van der Waals surface area contributed by atoms with Gasteiger partial charge in [0, 0.05) is 12.8 Å². The Hall–Kier alpha value is -3.70. The zero-order valence-corrected chi connectivity index (χ0v) is 21.9. The minimum atomic E-state index is -0.596. The first kappa shape index (κ1) is 26.4. The van der Waals surface area contributed by atoms with Crippen molar-refractivity contribution in [3.63, 3.8) is 0 Å². The molecule has 0 radical (unpaired) electrons. The van der Waals surface area contributed by atoms with Crippen LogP contribution in [0.5, 0.6) is 11.5 Å². The first-order valence-electron chi connectivity index (χ1n) is 11.6. The predicted octanol–water partition coefficient (Wildman–Crippen LogP) is 3.77. The Labute approximate surface area is 219 Å². The van der Waals surface area contributed by atoms with E-state index in [1.54, 1.807) is 45.6 Å². The molecule has 0 saturated heterocycles. The molecule has 2 aromatic rings. The second kappa shape index (κ2) is 12.0. The Morgan fingerprint density at radius 1 is 1.14 bits per heavy atom. The molecular weight excluding hydrogens is 498 g/mol. The number of nitrogens with one attached hydrogen (secondary N) is 1. The molecule has 4 rings (SSSR count). The highest BCUT2D eigenvalue weighted by molar-refractivity contribution is 8.16. The topological polar surface area (TPSA) is 112 Å². The van der Waals surface area contributed by atoms with Crippen LogP contribution in [-0.2, 0) is 25.6 Å². The first-order valence-corrected chi connectivity index (χ1v) is 12.5. The highest BCUT2D eigenvalue weighted by Gasteiger charge is 2.41. The fourth-order valence-electron chi connectivity index (χ4n) is 4.09. The first-order chi connectivity index (χ1) is 18.0. The van der Waals surface area contributed by atoms with Crippen molar-refractivity contribution in [3.8, 4) is 11.5 Å². The maximum atomic E-state index is 13.3. The van der Waals surface area contributed by atoms with Crippen molar-refractivity contribution >= 4 is 28.8 Å². The number of hydrogen-bond donors (Lipinski definition) is 1. The average Bonchev–Trinajstić information content (AvgIpc) is 3.56. The van der Waals surface area contributed by atoms with Gasteiger partial charge in [-0.15, -0.1) is 0 Å². The molecule has 0 fully saturated rings. The molecule has 2 aliphatic rings. The maximum Gasteiger partial charge on any atom is 0.338 e. The number of allylic oxidation sites excluding steroid dienone is 1. The molecule has 1 amide bonds. The van der Waals surface area contributed by atoms with E-state index in [-0.39, 0.29) is 32.1 Å². The number of carbonyl (C=O) groups excluding carboxylic acids is 2. The number of amides is 1. The molecule has 1 unspecified atom stereocenters. The number of fused-ring (bicyclic) bond motifs is 1. The van der Waals surface area contributed by atoms with Gasteiger partial charge >= 0.3 is 5.97 Å². The normalized spacial score (nSPS) is 16.6. The molecule has 0 bridgehead atoms. The number of ether oxygens (including phenoxy) is 4. The molecule has 2 aliphatic heterocycles. The summed E-state index contributed by atoms with van der Waals surface area (Å²) in [7, 11) is 4.65. The summed E-state index contributed by atoms with van der Waals surface area (Å²) in [5.74, 6) is 1.04. The summed E-state index contributed by atoms with van der Waals surface area (Å²) < 4.78 is 26.8. The third kappa shape index (κ3) is 5.83. The number of nitrogens with zero attached hydrogens (tertiary/aromatic N) is 2. The maximum absolute atomic E-state index is 13.3. The molecule has 0 spiro atoms. The summed E-state index contributed by atoms with van der Waals surface area (Å²) in [4.78, 5) is 32.7. The highest BCUT2D eigenvalue weighted by Crippen LogP contribution is 2.46. The van der Waals surface area contributed by atoms with E-state index in [1.807, 2.05) is 22.4 Å². The number of benzene rings is 1. The van der Waals surface area contributed by atoms with E-state index in [1.165, 1.54) is 18.9 Å². The molecule has 1 N–H and O–H groups in total. The lowest BCUT2D eigenvalue weighted by Gasteiger charge is -2.36. The molecule has 10 nitrogen and oxygen atoms in total. The van der Waals surface area contributed by atoms with Crippen molar-refractivity contribution in [1.29, 1.82) is 0 Å². The minimum Gasteiger partial charge on any atom is -0.493 e. The average molecular weight is 528 g/mol. The zero-order valence-electron chi connectivity index (χ0n) is 21.1. The van der Waals surface area contributed by atoms with Crippen LogP contribution < -0.4 is 14.8 Å². The predicted molar refractivity (Wildman–Crippen MR) is 138 cm³/mol. The number of methoxy groups -OCH3 is 3. The summed E-state index contributed by atoms with van der Waals surface area (Å²) in [6, 6.07) is 8.43. The van der Waals surface area contributed by atoms with Crippen molar-refractivity contribution in [3.05, 3.63) is 70.3 Å². The monoisotopic (exact) mass is 527 g/mol. The smallest absolute Gasteiger partial charge is 0.338 e. The Kier molecular flexibility index (Phi) is 8.57. The van der Waals surface area contributed by atoms with Crippen LogP contribution in [-0.4, -0.2) is 56.5 Å². The van der Waals surface area contributed by atoms with E-state index in [0.717, 1.165) is 5.56 Å². The van der Waals surface area contributed by atoms with Crippen LogP contribution in [0.2, 0.25) is 0 Å². The third-order valence-corrected chi connectivity index (χ3v) is 6.73. The van der Waals surface area contributed by atoms with E-state index < -0.39 is 12.0 Å². The SMILES string of the molecule is COCCOC(=O)C1=C(C)N=C2SC=C(CC(=O)NCc3ccco3)N2C1c1ccc(OC)c(OC)c1. The van der Waals surface area contributed by atoms with Gasteiger partial charge in [0.25, 0.3) is 0 Å². The number of furan rings is 1. The Balaban J connectivity index is 1.66. The van der Waals surface area contributed by atoms with Crippen LogP contribution in [0.1, 0.15) is 30.7 Å². The van der Waals surface area contributed by atoms with Crippen molar-refractivity contribution < 1.29 is 33.0 Å². The van der Waals surface area contributed by atoms with Crippen LogP contribution in [0.4, 0.5) is 0 Å². The standard InChI is InChI=1S/C26H29N3O7S/c1-16-23(25(31)36-11-10-32-2)24(17-7-8-20(33-3)21(12-17)34-4)29-18(15-37-26(29)28-16)13-22(30)27-14-19-6-5-9-35-19/h5-9,12,15,24H,10-11,13-14H2,1-4H3,(H,27,30). The fraction of sp³-hybridized carbons (Fsp3) is 0.346. The van der Waals surface area contributed by atoms with E-state index in [4.69, 9.17) is 23.4 Å². The second-order valence-corrected chi connectivity index (χ2v) is 9.01. The quantitative estimate of drug-likeness (QED) is 0.345. The summed E-state index contributed by atoms with van der Waals surface area (Å²) in [5.41, 5.74) is 2.37. The lowest BCUT2D eigenvalue weighted by Crippen LogP contribution is -2.38. The van der Waals surface area contributed by atoms with Crippen molar-refractivity contribution in [2.75, 3.05) is 34.5 Å². The van der Waals surface area contributed by atoms with E-state index in [9.17, 15) is 9.59 Å². The van der Waals surface area contributed by atoms with E-state index >= 15 is 0 Å². The van der Waals surface area contributed by atoms with E-state index in [2.05, 4.69) is 10.3 Å². The molecule has 1 atom stereocenters. The lowest BCUT2D eigenvalue weighted by atomic mass is 9.93. The Bertz CT molecular complexity index is 1240. The fourth-order valence-corrected chi connectivity index (χ4v) is 5.05. The van der Waals surface area contributed by atoms with Gasteiger partial charge in [-0.2, -0.15) is 0 Å².